The molecule has 0 aliphatic carbocycles. The van der Waals surface area contributed by atoms with E-state index in [1.807, 2.05) is 0 Å². The first-order valence-corrected chi connectivity index (χ1v) is 4.61. The van der Waals surface area contributed by atoms with Crippen molar-refractivity contribution in [1.82, 2.24) is 5.16 Å². The molecular formula is C10H7ClFNO2. The fourth-order valence-electron chi connectivity index (χ4n) is 1.29. The molecule has 0 radical (unpaired) electrons. The molecule has 0 bridgehead atoms. The summed E-state index contributed by atoms with van der Waals surface area (Å²) in [6.45, 7) is -0.341. The molecule has 3 nitrogen and oxygen atoms in total. The van der Waals surface area contributed by atoms with Crippen molar-refractivity contribution in [2.75, 3.05) is 0 Å². The summed E-state index contributed by atoms with van der Waals surface area (Å²) in [6.07, 6.45) is 0. The smallest absolute Gasteiger partial charge is 0.232 e. The second-order valence-corrected chi connectivity index (χ2v) is 3.26. The fourth-order valence-corrected chi connectivity index (χ4v) is 1.47. The van der Waals surface area contributed by atoms with E-state index in [1.165, 1.54) is 6.07 Å². The molecule has 1 aromatic carbocycles. The van der Waals surface area contributed by atoms with Crippen molar-refractivity contribution in [2.45, 2.75) is 6.61 Å². The predicted octanol–water partition coefficient (Wildman–Crippen LogP) is 2.63. The van der Waals surface area contributed by atoms with E-state index in [2.05, 4.69) is 9.68 Å². The summed E-state index contributed by atoms with van der Waals surface area (Å²) >= 11 is 5.64. The van der Waals surface area contributed by atoms with Gasteiger partial charge in [-0.25, -0.2) is 4.39 Å². The summed E-state index contributed by atoms with van der Waals surface area (Å²) in [6, 6.07) is 6.09. The Morgan fingerprint density at radius 2 is 2.13 bits per heavy atom. The Bertz CT molecular complexity index is 484. The van der Waals surface area contributed by atoms with Crippen LogP contribution in [0.15, 0.2) is 28.8 Å². The van der Waals surface area contributed by atoms with Crippen LogP contribution in [0.5, 0.6) is 0 Å². The molecule has 15 heavy (non-hydrogen) atoms. The van der Waals surface area contributed by atoms with Crippen LogP contribution >= 0.6 is 11.6 Å². The largest absolute Gasteiger partial charge is 0.391 e. The van der Waals surface area contributed by atoms with Crippen LogP contribution in [0.3, 0.4) is 0 Å². The fraction of sp³-hybridized carbons (Fsp3) is 0.100. The molecule has 1 aromatic heterocycles. The van der Waals surface area contributed by atoms with Gasteiger partial charge in [-0.2, -0.15) is 0 Å². The second-order valence-electron chi connectivity index (χ2n) is 2.92. The van der Waals surface area contributed by atoms with Gasteiger partial charge in [0.25, 0.3) is 0 Å². The number of nitrogens with zero attached hydrogens (tertiary/aromatic N) is 1. The van der Waals surface area contributed by atoms with Crippen LogP contribution in [0.4, 0.5) is 4.39 Å². The summed E-state index contributed by atoms with van der Waals surface area (Å²) < 4.78 is 18.1. The predicted molar refractivity (Wildman–Crippen MR) is 52.8 cm³/mol. The lowest BCUT2D eigenvalue weighted by Crippen LogP contribution is -1.89. The molecule has 0 saturated carbocycles. The third-order valence-corrected chi connectivity index (χ3v) is 2.32. The Morgan fingerprint density at radius 3 is 2.80 bits per heavy atom. The quantitative estimate of drug-likeness (QED) is 0.858. The summed E-state index contributed by atoms with van der Waals surface area (Å²) in [5.41, 5.74) is 0.791. The van der Waals surface area contributed by atoms with Crippen LogP contribution in [0.2, 0.25) is 5.22 Å². The molecule has 0 spiro atoms. The van der Waals surface area contributed by atoms with Gasteiger partial charge in [-0.05, 0) is 23.7 Å². The van der Waals surface area contributed by atoms with Crippen molar-refractivity contribution < 1.29 is 14.0 Å². The molecule has 0 saturated heterocycles. The summed E-state index contributed by atoms with van der Waals surface area (Å²) in [5.74, 6) is -0.433. The molecule has 0 unspecified atom stereocenters. The number of rotatable bonds is 2. The molecule has 2 aromatic rings. The van der Waals surface area contributed by atoms with E-state index in [4.69, 9.17) is 16.7 Å². The SMILES string of the molecule is OCc1c(-c2ccccc2F)noc1Cl. The topological polar surface area (TPSA) is 46.3 Å². The van der Waals surface area contributed by atoms with Crippen LogP contribution in [-0.4, -0.2) is 10.3 Å². The molecule has 0 fully saturated rings. The molecule has 2 rings (SSSR count). The van der Waals surface area contributed by atoms with Crippen molar-refractivity contribution in [3.05, 3.63) is 40.9 Å². The molecule has 1 heterocycles. The first-order chi connectivity index (χ1) is 7.24. The highest BCUT2D eigenvalue weighted by Gasteiger charge is 2.17. The van der Waals surface area contributed by atoms with Crippen molar-refractivity contribution in [3.8, 4) is 11.3 Å². The lowest BCUT2D eigenvalue weighted by atomic mass is 10.1. The minimum Gasteiger partial charge on any atom is -0.391 e. The van der Waals surface area contributed by atoms with E-state index in [-0.39, 0.29) is 23.1 Å². The Morgan fingerprint density at radius 1 is 1.40 bits per heavy atom. The minimum atomic E-state index is -0.433. The number of aliphatic hydroxyl groups excluding tert-OH is 1. The van der Waals surface area contributed by atoms with Crippen LogP contribution in [0, 0.1) is 5.82 Å². The van der Waals surface area contributed by atoms with Crippen molar-refractivity contribution in [3.63, 3.8) is 0 Å². The zero-order valence-electron chi connectivity index (χ0n) is 7.58. The van der Waals surface area contributed by atoms with E-state index in [9.17, 15) is 4.39 Å². The normalized spacial score (nSPS) is 10.6. The van der Waals surface area contributed by atoms with Gasteiger partial charge in [-0.1, -0.05) is 17.3 Å². The molecule has 0 amide bonds. The van der Waals surface area contributed by atoms with Gasteiger partial charge in [0.1, 0.15) is 11.5 Å². The van der Waals surface area contributed by atoms with Gasteiger partial charge >= 0.3 is 0 Å². The summed E-state index contributed by atoms with van der Waals surface area (Å²) in [4.78, 5) is 0. The zero-order chi connectivity index (χ0) is 10.8. The number of benzene rings is 1. The standard InChI is InChI=1S/C10H7ClFNO2/c11-10-7(5-14)9(13-15-10)6-3-1-2-4-8(6)12/h1-4,14H,5H2. The third-order valence-electron chi connectivity index (χ3n) is 2.03. The van der Waals surface area contributed by atoms with E-state index < -0.39 is 5.82 Å². The molecular weight excluding hydrogens is 221 g/mol. The van der Waals surface area contributed by atoms with Crippen molar-refractivity contribution in [1.29, 1.82) is 0 Å². The number of aromatic nitrogens is 1. The highest BCUT2D eigenvalue weighted by molar-refractivity contribution is 6.29. The van der Waals surface area contributed by atoms with Crippen LogP contribution in [0.25, 0.3) is 11.3 Å². The van der Waals surface area contributed by atoms with E-state index >= 15 is 0 Å². The van der Waals surface area contributed by atoms with Gasteiger partial charge < -0.3 is 9.63 Å². The Labute approximate surface area is 90.1 Å². The van der Waals surface area contributed by atoms with Gasteiger partial charge in [-0.3, -0.25) is 0 Å². The first kappa shape index (κ1) is 10.1. The first-order valence-electron chi connectivity index (χ1n) is 4.24. The van der Waals surface area contributed by atoms with Crippen LogP contribution in [-0.2, 0) is 6.61 Å². The Balaban J connectivity index is 2.59. The molecule has 78 valence electrons. The maximum atomic E-state index is 13.4. The number of aliphatic hydroxyl groups is 1. The zero-order valence-corrected chi connectivity index (χ0v) is 8.33. The van der Waals surface area contributed by atoms with Crippen LogP contribution < -0.4 is 0 Å². The average Bonchev–Trinajstić information content (AvgIpc) is 2.60. The lowest BCUT2D eigenvalue weighted by molar-refractivity contribution is 0.281. The molecule has 0 aliphatic heterocycles. The van der Waals surface area contributed by atoms with E-state index in [0.717, 1.165) is 0 Å². The molecule has 5 heteroatoms. The summed E-state index contributed by atoms with van der Waals surface area (Å²) in [5, 5.41) is 12.6. The molecule has 0 atom stereocenters. The number of halogens is 2. The van der Waals surface area contributed by atoms with E-state index in [0.29, 0.717) is 5.56 Å². The number of hydrogen-bond donors (Lipinski definition) is 1. The van der Waals surface area contributed by atoms with Crippen molar-refractivity contribution in [2.24, 2.45) is 0 Å². The maximum absolute atomic E-state index is 13.4. The Kier molecular flexibility index (Phi) is 2.70. The van der Waals surface area contributed by atoms with Crippen molar-refractivity contribution >= 4 is 11.6 Å². The van der Waals surface area contributed by atoms with Gasteiger partial charge in [-0.15, -0.1) is 0 Å². The maximum Gasteiger partial charge on any atom is 0.232 e. The lowest BCUT2D eigenvalue weighted by Gasteiger charge is -1.99. The monoisotopic (exact) mass is 227 g/mol. The van der Waals surface area contributed by atoms with Gasteiger partial charge in [0.2, 0.25) is 5.22 Å². The average molecular weight is 228 g/mol. The summed E-state index contributed by atoms with van der Waals surface area (Å²) in [7, 11) is 0. The van der Waals surface area contributed by atoms with Crippen LogP contribution in [0.1, 0.15) is 5.56 Å². The van der Waals surface area contributed by atoms with E-state index in [1.54, 1.807) is 18.2 Å². The Hall–Kier alpha value is -1.39. The van der Waals surface area contributed by atoms with Gasteiger partial charge in [0, 0.05) is 5.56 Å². The highest BCUT2D eigenvalue weighted by Crippen LogP contribution is 2.29. The molecule has 1 N–H and O–H groups in total. The van der Waals surface area contributed by atoms with Gasteiger partial charge in [0.05, 0.1) is 12.2 Å². The van der Waals surface area contributed by atoms with Gasteiger partial charge in [0.15, 0.2) is 0 Å². The number of hydrogen-bond acceptors (Lipinski definition) is 3. The highest BCUT2D eigenvalue weighted by atomic mass is 35.5. The second kappa shape index (κ2) is 4.00. The minimum absolute atomic E-state index is 0.0178. The third kappa shape index (κ3) is 1.73. The molecule has 0 aliphatic rings.